The molecule has 118 valence electrons. The van der Waals surface area contributed by atoms with E-state index in [0.717, 1.165) is 0 Å². The first-order valence-electron chi connectivity index (χ1n) is 7.25. The highest BCUT2D eigenvalue weighted by atomic mass is 16.5. The van der Waals surface area contributed by atoms with Crippen molar-refractivity contribution < 1.29 is 24.2 Å². The number of likely N-dealkylation sites (tertiary alicyclic amines) is 1. The topological polar surface area (TPSA) is 95.9 Å². The number of amides is 2. The van der Waals surface area contributed by atoms with Gasteiger partial charge in [-0.25, -0.2) is 4.79 Å². The van der Waals surface area contributed by atoms with E-state index in [0.29, 0.717) is 25.7 Å². The minimum absolute atomic E-state index is 0.0850. The highest BCUT2D eigenvalue weighted by Crippen LogP contribution is 2.34. The molecule has 0 radical (unpaired) electrons. The molecule has 2 amide bonds. The van der Waals surface area contributed by atoms with Crippen LogP contribution in [-0.2, 0) is 19.1 Å². The number of methoxy groups -OCH3 is 1. The van der Waals surface area contributed by atoms with Crippen LogP contribution in [0.15, 0.2) is 0 Å². The summed E-state index contributed by atoms with van der Waals surface area (Å²) in [6.07, 6.45) is 2.15. The predicted molar refractivity (Wildman–Crippen MR) is 73.4 cm³/mol. The van der Waals surface area contributed by atoms with Crippen molar-refractivity contribution in [2.24, 2.45) is 11.8 Å². The Balaban J connectivity index is 2.05. The summed E-state index contributed by atoms with van der Waals surface area (Å²) >= 11 is 0. The van der Waals surface area contributed by atoms with Gasteiger partial charge in [0.15, 0.2) is 0 Å². The van der Waals surface area contributed by atoms with Crippen molar-refractivity contribution in [1.82, 2.24) is 10.2 Å². The van der Waals surface area contributed by atoms with Crippen LogP contribution in [0, 0.1) is 11.8 Å². The third-order valence-electron chi connectivity index (χ3n) is 4.54. The number of carboxylic acids is 1. The first kappa shape index (κ1) is 15.8. The first-order valence-corrected chi connectivity index (χ1v) is 7.25. The summed E-state index contributed by atoms with van der Waals surface area (Å²) in [7, 11) is 3.15. The minimum Gasteiger partial charge on any atom is -0.480 e. The van der Waals surface area contributed by atoms with E-state index in [9.17, 15) is 19.5 Å². The summed E-state index contributed by atoms with van der Waals surface area (Å²) in [5.41, 5.74) is 0. The standard InChI is InChI=1S/C14H22N2O5/c1-15-12(17)8-3-4-11(14(19)20)16(7-8)13(18)9-5-10(6-9)21-2/h8-11H,3-7H2,1-2H3,(H,15,17)(H,19,20)/t8-,9?,10?,11-/m0/s1. The van der Waals surface area contributed by atoms with Crippen molar-refractivity contribution in [2.45, 2.75) is 37.8 Å². The molecule has 2 atom stereocenters. The van der Waals surface area contributed by atoms with Gasteiger partial charge in [0, 0.05) is 26.6 Å². The van der Waals surface area contributed by atoms with Gasteiger partial charge < -0.3 is 20.1 Å². The molecule has 1 saturated carbocycles. The van der Waals surface area contributed by atoms with Gasteiger partial charge in [0.05, 0.1) is 12.0 Å². The molecule has 0 spiro atoms. The summed E-state index contributed by atoms with van der Waals surface area (Å²) in [5, 5.41) is 11.9. The second-order valence-corrected chi connectivity index (χ2v) is 5.76. The van der Waals surface area contributed by atoms with Crippen LogP contribution in [-0.4, -0.2) is 60.6 Å². The Labute approximate surface area is 123 Å². The van der Waals surface area contributed by atoms with Crippen LogP contribution < -0.4 is 5.32 Å². The molecular formula is C14H22N2O5. The van der Waals surface area contributed by atoms with Gasteiger partial charge >= 0.3 is 5.97 Å². The Bertz CT molecular complexity index is 433. The number of nitrogens with zero attached hydrogens (tertiary/aromatic N) is 1. The molecular weight excluding hydrogens is 276 g/mol. The van der Waals surface area contributed by atoms with Crippen molar-refractivity contribution in [2.75, 3.05) is 20.7 Å². The van der Waals surface area contributed by atoms with Gasteiger partial charge in [-0.2, -0.15) is 0 Å². The molecule has 0 aromatic rings. The zero-order chi connectivity index (χ0) is 15.6. The normalized spacial score (nSPS) is 32.2. The lowest BCUT2D eigenvalue weighted by atomic mass is 9.80. The number of carbonyl (C=O) groups is 3. The second-order valence-electron chi connectivity index (χ2n) is 5.76. The summed E-state index contributed by atoms with van der Waals surface area (Å²) in [4.78, 5) is 37.0. The summed E-state index contributed by atoms with van der Waals surface area (Å²) < 4.78 is 5.15. The highest BCUT2D eigenvalue weighted by molar-refractivity contribution is 5.87. The molecule has 0 aromatic heterocycles. The molecule has 2 fully saturated rings. The van der Waals surface area contributed by atoms with E-state index >= 15 is 0 Å². The number of nitrogens with one attached hydrogen (secondary N) is 1. The van der Waals surface area contributed by atoms with Gasteiger partial charge in [-0.3, -0.25) is 9.59 Å². The van der Waals surface area contributed by atoms with Crippen LogP contribution in [0.1, 0.15) is 25.7 Å². The van der Waals surface area contributed by atoms with E-state index < -0.39 is 12.0 Å². The minimum atomic E-state index is -0.999. The summed E-state index contributed by atoms with van der Waals surface area (Å²) in [5.74, 6) is -1.81. The number of rotatable bonds is 4. The van der Waals surface area contributed by atoms with Crippen LogP contribution in [0.5, 0.6) is 0 Å². The molecule has 7 heteroatoms. The van der Waals surface area contributed by atoms with Crippen LogP contribution in [0.25, 0.3) is 0 Å². The van der Waals surface area contributed by atoms with Crippen molar-refractivity contribution in [3.63, 3.8) is 0 Å². The number of aliphatic carboxylic acids is 1. The van der Waals surface area contributed by atoms with Crippen molar-refractivity contribution in [1.29, 1.82) is 0 Å². The molecule has 1 saturated heterocycles. The highest BCUT2D eigenvalue weighted by Gasteiger charge is 2.43. The zero-order valence-corrected chi connectivity index (χ0v) is 12.4. The second kappa shape index (κ2) is 6.43. The molecule has 0 unspecified atom stereocenters. The van der Waals surface area contributed by atoms with E-state index in [4.69, 9.17) is 4.74 Å². The number of piperidine rings is 1. The lowest BCUT2D eigenvalue weighted by Gasteiger charge is -2.42. The van der Waals surface area contributed by atoms with Gasteiger partial charge in [0.2, 0.25) is 11.8 Å². The van der Waals surface area contributed by atoms with Crippen molar-refractivity contribution in [3.8, 4) is 0 Å². The van der Waals surface area contributed by atoms with E-state index in [1.165, 1.54) is 4.90 Å². The Kier molecular flexibility index (Phi) is 4.82. The van der Waals surface area contributed by atoms with E-state index in [1.54, 1.807) is 14.2 Å². The number of carboxylic acid groups (broad SMARTS) is 1. The number of carbonyl (C=O) groups excluding carboxylic acids is 2. The predicted octanol–water partition coefficient (Wildman–Crippen LogP) is -0.151. The fourth-order valence-corrected chi connectivity index (χ4v) is 3.08. The monoisotopic (exact) mass is 298 g/mol. The van der Waals surface area contributed by atoms with Crippen LogP contribution in [0.2, 0.25) is 0 Å². The number of ether oxygens (including phenoxy) is 1. The third kappa shape index (κ3) is 3.18. The molecule has 1 aliphatic carbocycles. The molecule has 0 aromatic carbocycles. The Morgan fingerprint density at radius 1 is 1.19 bits per heavy atom. The average molecular weight is 298 g/mol. The van der Waals surface area contributed by atoms with Gasteiger partial charge in [0.1, 0.15) is 6.04 Å². The molecule has 1 aliphatic heterocycles. The quantitative estimate of drug-likeness (QED) is 0.752. The molecule has 7 nitrogen and oxygen atoms in total. The average Bonchev–Trinajstić information content (AvgIpc) is 2.44. The summed E-state index contributed by atoms with van der Waals surface area (Å²) in [6.45, 7) is 0.184. The largest absolute Gasteiger partial charge is 0.480 e. The molecule has 0 bridgehead atoms. The van der Waals surface area contributed by atoms with Gasteiger partial charge in [-0.1, -0.05) is 0 Å². The SMILES string of the molecule is CNC(=O)[C@H]1CC[C@@H](C(=O)O)N(C(=O)C2CC(OC)C2)C1. The van der Waals surface area contributed by atoms with Crippen molar-refractivity contribution >= 4 is 17.8 Å². The Morgan fingerprint density at radius 2 is 1.86 bits per heavy atom. The van der Waals surface area contributed by atoms with E-state index in [-0.39, 0.29) is 36.3 Å². The van der Waals surface area contributed by atoms with Crippen LogP contribution in [0.3, 0.4) is 0 Å². The maximum absolute atomic E-state index is 12.5. The molecule has 1 heterocycles. The third-order valence-corrected chi connectivity index (χ3v) is 4.54. The first-order chi connectivity index (χ1) is 9.97. The molecule has 21 heavy (non-hydrogen) atoms. The van der Waals surface area contributed by atoms with Crippen LogP contribution >= 0.6 is 0 Å². The lowest BCUT2D eigenvalue weighted by molar-refractivity contribution is -0.160. The molecule has 2 aliphatic rings. The molecule has 2 rings (SSSR count). The molecule has 2 N–H and O–H groups in total. The van der Waals surface area contributed by atoms with Gasteiger partial charge in [0.25, 0.3) is 0 Å². The Morgan fingerprint density at radius 3 is 2.38 bits per heavy atom. The van der Waals surface area contributed by atoms with Gasteiger partial charge in [-0.05, 0) is 25.7 Å². The lowest BCUT2D eigenvalue weighted by Crippen LogP contribution is -2.56. The van der Waals surface area contributed by atoms with Gasteiger partial charge in [-0.15, -0.1) is 0 Å². The Hall–Kier alpha value is -1.63. The van der Waals surface area contributed by atoms with E-state index in [1.807, 2.05) is 0 Å². The fourth-order valence-electron chi connectivity index (χ4n) is 3.08. The summed E-state index contributed by atoms with van der Waals surface area (Å²) in [6, 6.07) is -0.819. The number of hydrogen-bond acceptors (Lipinski definition) is 4. The maximum Gasteiger partial charge on any atom is 0.326 e. The number of hydrogen-bond donors (Lipinski definition) is 2. The van der Waals surface area contributed by atoms with Crippen LogP contribution in [0.4, 0.5) is 0 Å². The smallest absolute Gasteiger partial charge is 0.326 e. The van der Waals surface area contributed by atoms with Crippen molar-refractivity contribution in [3.05, 3.63) is 0 Å². The fraction of sp³-hybridized carbons (Fsp3) is 0.786. The van der Waals surface area contributed by atoms with E-state index in [2.05, 4.69) is 5.32 Å². The zero-order valence-electron chi connectivity index (χ0n) is 12.4. The maximum atomic E-state index is 12.5.